The maximum absolute atomic E-state index is 9.55. The number of hydrogen-bond acceptors (Lipinski definition) is 3. The average Bonchev–Trinajstić information content (AvgIpc) is 2.55. The van der Waals surface area contributed by atoms with Gasteiger partial charge >= 0.3 is 11.9 Å². The van der Waals surface area contributed by atoms with Crippen LogP contribution in [0, 0.1) is 6.92 Å². The quantitative estimate of drug-likeness (QED) is 0.704. The summed E-state index contributed by atoms with van der Waals surface area (Å²) in [5.74, 6) is -1.93. The van der Waals surface area contributed by atoms with Gasteiger partial charge < -0.3 is 16.4 Å². The van der Waals surface area contributed by atoms with Crippen molar-refractivity contribution in [2.75, 3.05) is 0 Å². The highest BCUT2D eigenvalue weighted by atomic mass is 16.4. The maximum Gasteiger partial charge on any atom is 0.328 e. The zero-order valence-corrected chi connectivity index (χ0v) is 14.6. The van der Waals surface area contributed by atoms with E-state index in [1.165, 1.54) is 16.7 Å². The Hall–Kier alpha value is -2.92. The van der Waals surface area contributed by atoms with Crippen molar-refractivity contribution in [3.05, 3.63) is 83.4 Å². The van der Waals surface area contributed by atoms with Gasteiger partial charge in [0.05, 0.1) is 0 Å². The lowest BCUT2D eigenvalue weighted by Gasteiger charge is -2.14. The molecule has 0 fully saturated rings. The molecule has 0 aliphatic heterocycles. The molecule has 5 nitrogen and oxygen atoms in total. The van der Waals surface area contributed by atoms with E-state index >= 15 is 0 Å². The second kappa shape index (κ2) is 11.6. The minimum Gasteiger partial charge on any atom is -0.478 e. The van der Waals surface area contributed by atoms with E-state index < -0.39 is 11.9 Å². The molecular weight excluding hydrogens is 318 g/mol. The van der Waals surface area contributed by atoms with Gasteiger partial charge in [0.2, 0.25) is 0 Å². The van der Waals surface area contributed by atoms with Crippen molar-refractivity contribution in [3.63, 3.8) is 0 Å². The normalized spacial score (nSPS) is 11.0. The van der Waals surface area contributed by atoms with Gasteiger partial charge in [0.15, 0.2) is 0 Å². The van der Waals surface area contributed by atoms with Gasteiger partial charge in [-0.3, -0.25) is 0 Å². The van der Waals surface area contributed by atoms with Gasteiger partial charge in [-0.15, -0.1) is 0 Å². The topological polar surface area (TPSA) is 110 Å². The number of benzene rings is 2. The Morgan fingerprint density at radius 2 is 1.40 bits per heavy atom. The van der Waals surface area contributed by atoms with E-state index in [9.17, 15) is 9.59 Å². The Bertz CT molecular complexity index is 680. The monoisotopic (exact) mass is 343 g/mol. The fourth-order valence-corrected chi connectivity index (χ4v) is 2.36. The highest BCUT2D eigenvalue weighted by Gasteiger charge is 2.08. The van der Waals surface area contributed by atoms with Crippen LogP contribution in [0.3, 0.4) is 0 Å². The molecule has 0 radical (unpaired) electrons. The molecule has 25 heavy (non-hydrogen) atoms. The molecule has 0 aliphatic rings. The van der Waals surface area contributed by atoms with Crippen LogP contribution in [0.1, 0.15) is 29.5 Å². The highest BCUT2D eigenvalue weighted by Crippen LogP contribution is 2.22. The Morgan fingerprint density at radius 3 is 1.88 bits per heavy atom. The van der Waals surface area contributed by atoms with E-state index in [2.05, 4.69) is 68.4 Å². The van der Waals surface area contributed by atoms with Gasteiger partial charge in [0.25, 0.3) is 0 Å². The first-order chi connectivity index (χ1) is 11.4. The fourth-order valence-electron chi connectivity index (χ4n) is 2.36. The van der Waals surface area contributed by atoms with Crippen LogP contribution < -0.4 is 6.15 Å². The van der Waals surface area contributed by atoms with Crippen LogP contribution in [-0.2, 0) is 16.0 Å². The Morgan fingerprint density at radius 1 is 0.920 bits per heavy atom. The van der Waals surface area contributed by atoms with Gasteiger partial charge in [-0.2, -0.15) is 0 Å². The Labute approximate surface area is 148 Å². The molecule has 0 saturated carbocycles. The Balaban J connectivity index is 0.000000552. The largest absolute Gasteiger partial charge is 0.478 e. The predicted octanol–water partition coefficient (Wildman–Crippen LogP) is 4.22. The van der Waals surface area contributed by atoms with E-state index in [0.717, 1.165) is 6.42 Å². The zero-order valence-electron chi connectivity index (χ0n) is 14.6. The molecular formula is C20H25NO4. The van der Waals surface area contributed by atoms with E-state index in [-0.39, 0.29) is 6.15 Å². The second-order valence-electron chi connectivity index (χ2n) is 5.46. The second-order valence-corrected chi connectivity index (χ2v) is 5.46. The summed E-state index contributed by atoms with van der Waals surface area (Å²) in [7, 11) is 0. The van der Waals surface area contributed by atoms with Gasteiger partial charge in [-0.25, -0.2) is 9.59 Å². The summed E-state index contributed by atoms with van der Waals surface area (Å²) < 4.78 is 0. The molecule has 5 N–H and O–H groups in total. The minimum absolute atomic E-state index is 0. The van der Waals surface area contributed by atoms with E-state index in [4.69, 9.17) is 10.2 Å². The minimum atomic E-state index is -1.26. The number of carbonyl (C=O) groups is 2. The first kappa shape index (κ1) is 22.1. The van der Waals surface area contributed by atoms with Crippen LogP contribution in [0.4, 0.5) is 0 Å². The standard InChI is InChI=1S/C16H18.C4H4O4.H3N/c1-13-8-6-7-11-16(13)14(2)12-15-9-4-3-5-10-15;5-3(6)1-2-4(7)8;/h3-11,14H,12H2,1-2H3;1-2H,(H,5,6)(H,7,8);1H3. The molecule has 0 heterocycles. The van der Waals surface area contributed by atoms with E-state index in [1.54, 1.807) is 0 Å². The number of aliphatic carboxylic acids is 2. The van der Waals surface area contributed by atoms with E-state index in [1.807, 2.05) is 0 Å². The van der Waals surface area contributed by atoms with Gasteiger partial charge in [0.1, 0.15) is 0 Å². The predicted molar refractivity (Wildman–Crippen MR) is 99.2 cm³/mol. The van der Waals surface area contributed by atoms with Crippen LogP contribution in [0.25, 0.3) is 0 Å². The Kier molecular flexibility index (Phi) is 10.2. The molecule has 2 aromatic rings. The lowest BCUT2D eigenvalue weighted by Crippen LogP contribution is -2.00. The van der Waals surface area contributed by atoms with E-state index in [0.29, 0.717) is 18.1 Å². The molecule has 2 aromatic carbocycles. The van der Waals surface area contributed by atoms with Crippen molar-refractivity contribution < 1.29 is 19.8 Å². The number of carboxylic acids is 2. The summed E-state index contributed by atoms with van der Waals surface area (Å²) in [4.78, 5) is 19.1. The van der Waals surface area contributed by atoms with Crippen LogP contribution in [0.15, 0.2) is 66.7 Å². The first-order valence-electron chi connectivity index (χ1n) is 7.63. The molecule has 0 aliphatic carbocycles. The highest BCUT2D eigenvalue weighted by molar-refractivity contribution is 5.89. The molecule has 0 saturated heterocycles. The number of aryl methyl sites for hydroxylation is 1. The van der Waals surface area contributed by atoms with Crippen molar-refractivity contribution >= 4 is 11.9 Å². The van der Waals surface area contributed by atoms with Crippen LogP contribution >= 0.6 is 0 Å². The molecule has 1 unspecified atom stereocenters. The van der Waals surface area contributed by atoms with Gasteiger partial charge in [0, 0.05) is 12.2 Å². The van der Waals surface area contributed by atoms with Crippen molar-refractivity contribution in [3.8, 4) is 0 Å². The molecule has 0 spiro atoms. The number of carboxylic acid groups (broad SMARTS) is 2. The fraction of sp³-hybridized carbons (Fsp3) is 0.200. The van der Waals surface area contributed by atoms with Crippen molar-refractivity contribution in [1.82, 2.24) is 6.15 Å². The smallest absolute Gasteiger partial charge is 0.328 e. The SMILES string of the molecule is Cc1ccccc1C(C)Cc1ccccc1.N.O=C(O)C=CC(=O)O. The number of rotatable bonds is 5. The average molecular weight is 343 g/mol. The molecule has 0 amide bonds. The zero-order chi connectivity index (χ0) is 17.9. The van der Waals surface area contributed by atoms with Crippen molar-refractivity contribution in [1.29, 1.82) is 0 Å². The summed E-state index contributed by atoms with van der Waals surface area (Å²) in [6.07, 6.45) is 2.23. The molecule has 134 valence electrons. The van der Waals surface area contributed by atoms with Crippen molar-refractivity contribution in [2.45, 2.75) is 26.2 Å². The van der Waals surface area contributed by atoms with Crippen LogP contribution in [0.5, 0.6) is 0 Å². The summed E-state index contributed by atoms with van der Waals surface area (Å²) >= 11 is 0. The third-order valence-electron chi connectivity index (χ3n) is 3.47. The molecule has 0 bridgehead atoms. The lowest BCUT2D eigenvalue weighted by molar-refractivity contribution is -0.134. The third-order valence-corrected chi connectivity index (χ3v) is 3.47. The summed E-state index contributed by atoms with van der Waals surface area (Å²) in [5, 5.41) is 15.6. The third kappa shape index (κ3) is 9.07. The summed E-state index contributed by atoms with van der Waals surface area (Å²) in [6.45, 7) is 4.49. The molecule has 5 heteroatoms. The van der Waals surface area contributed by atoms with Crippen molar-refractivity contribution in [2.24, 2.45) is 0 Å². The van der Waals surface area contributed by atoms with Crippen LogP contribution in [-0.4, -0.2) is 22.2 Å². The lowest BCUT2D eigenvalue weighted by atomic mass is 9.91. The van der Waals surface area contributed by atoms with Gasteiger partial charge in [-0.1, -0.05) is 61.5 Å². The van der Waals surface area contributed by atoms with Gasteiger partial charge in [-0.05, 0) is 36.0 Å². The molecule has 0 aromatic heterocycles. The molecule has 2 rings (SSSR count). The molecule has 1 atom stereocenters. The summed E-state index contributed by atoms with van der Waals surface area (Å²) in [5.41, 5.74) is 4.27. The summed E-state index contributed by atoms with van der Waals surface area (Å²) in [6, 6.07) is 19.4. The van der Waals surface area contributed by atoms with Crippen LogP contribution in [0.2, 0.25) is 0 Å². The first-order valence-corrected chi connectivity index (χ1v) is 7.63. The maximum atomic E-state index is 9.55. The number of hydrogen-bond donors (Lipinski definition) is 3.